The molecule has 0 radical (unpaired) electrons. The van der Waals surface area contributed by atoms with Crippen LogP contribution in [0, 0.1) is 0 Å². The van der Waals surface area contributed by atoms with Gasteiger partial charge in [-0.2, -0.15) is 0 Å². The molecule has 1 fully saturated rings. The summed E-state index contributed by atoms with van der Waals surface area (Å²) in [5.41, 5.74) is 1.14. The molecular weight excluding hydrogens is 198 g/mol. The van der Waals surface area contributed by atoms with Crippen molar-refractivity contribution in [1.29, 1.82) is 0 Å². The number of hydrogen-bond acceptors (Lipinski definition) is 3. The second kappa shape index (κ2) is 4.81. The van der Waals surface area contributed by atoms with Crippen molar-refractivity contribution >= 4 is 5.95 Å². The fraction of sp³-hybridized carbons (Fsp3) is 0.692. The maximum absolute atomic E-state index is 4.66. The van der Waals surface area contributed by atoms with Gasteiger partial charge >= 0.3 is 0 Å². The molecule has 3 heteroatoms. The van der Waals surface area contributed by atoms with Crippen LogP contribution in [0.2, 0.25) is 0 Å². The summed E-state index contributed by atoms with van der Waals surface area (Å²) < 4.78 is 0. The van der Waals surface area contributed by atoms with Crippen LogP contribution in [0.3, 0.4) is 0 Å². The summed E-state index contributed by atoms with van der Waals surface area (Å²) in [5, 5.41) is 0. The van der Waals surface area contributed by atoms with Crippen molar-refractivity contribution in [2.24, 2.45) is 0 Å². The Morgan fingerprint density at radius 1 is 1.38 bits per heavy atom. The average Bonchev–Trinajstić information content (AvgIpc) is 2.30. The molecule has 0 unspecified atom stereocenters. The molecule has 0 amide bonds. The number of piperidine rings is 1. The minimum absolute atomic E-state index is 0.474. The highest BCUT2D eigenvalue weighted by Gasteiger charge is 2.20. The van der Waals surface area contributed by atoms with E-state index in [2.05, 4.69) is 35.6 Å². The lowest BCUT2D eigenvalue weighted by atomic mass is 10.0. The predicted octanol–water partition coefficient (Wildman–Crippen LogP) is 2.98. The maximum atomic E-state index is 4.66. The monoisotopic (exact) mass is 219 g/mol. The van der Waals surface area contributed by atoms with Crippen LogP contribution in [0.1, 0.15) is 51.6 Å². The van der Waals surface area contributed by atoms with E-state index in [-0.39, 0.29) is 0 Å². The Morgan fingerprint density at radius 3 is 2.88 bits per heavy atom. The van der Waals surface area contributed by atoms with Crippen molar-refractivity contribution in [3.63, 3.8) is 0 Å². The smallest absolute Gasteiger partial charge is 0.225 e. The van der Waals surface area contributed by atoms with E-state index in [4.69, 9.17) is 0 Å². The molecule has 88 valence electrons. The van der Waals surface area contributed by atoms with E-state index in [0.717, 1.165) is 18.2 Å². The molecule has 1 aliphatic rings. The van der Waals surface area contributed by atoms with E-state index in [1.54, 1.807) is 0 Å². The second-order valence-electron chi connectivity index (χ2n) is 4.97. The quantitative estimate of drug-likeness (QED) is 0.765. The molecule has 2 rings (SSSR count). The molecule has 0 aliphatic carbocycles. The highest BCUT2D eigenvalue weighted by molar-refractivity contribution is 5.33. The third kappa shape index (κ3) is 2.34. The van der Waals surface area contributed by atoms with Gasteiger partial charge in [0, 0.05) is 24.5 Å². The summed E-state index contributed by atoms with van der Waals surface area (Å²) in [7, 11) is 0. The van der Waals surface area contributed by atoms with Gasteiger partial charge in [0.15, 0.2) is 0 Å². The van der Waals surface area contributed by atoms with Gasteiger partial charge in [0.2, 0.25) is 5.95 Å². The number of nitrogens with zero attached hydrogens (tertiary/aromatic N) is 3. The summed E-state index contributed by atoms with van der Waals surface area (Å²) in [6.07, 6.45) is 5.75. The van der Waals surface area contributed by atoms with Crippen molar-refractivity contribution in [1.82, 2.24) is 9.97 Å². The molecule has 1 aliphatic heterocycles. The van der Waals surface area contributed by atoms with Gasteiger partial charge < -0.3 is 4.90 Å². The second-order valence-corrected chi connectivity index (χ2v) is 4.97. The first kappa shape index (κ1) is 11.4. The Labute approximate surface area is 97.9 Å². The molecule has 3 nitrogen and oxygen atoms in total. The summed E-state index contributed by atoms with van der Waals surface area (Å²) in [6.45, 7) is 7.71. The average molecular weight is 219 g/mol. The predicted molar refractivity (Wildman–Crippen MR) is 66.8 cm³/mol. The van der Waals surface area contributed by atoms with Gasteiger partial charge in [0.1, 0.15) is 0 Å². The van der Waals surface area contributed by atoms with Crippen molar-refractivity contribution < 1.29 is 0 Å². The van der Waals surface area contributed by atoms with E-state index < -0.39 is 0 Å². The van der Waals surface area contributed by atoms with Crippen molar-refractivity contribution in [2.75, 3.05) is 11.4 Å². The standard InChI is InChI=1S/C13H21N3/c1-10(2)12-7-8-14-13(15-12)16-9-5-4-6-11(16)3/h7-8,10-11H,4-6,9H2,1-3H3/t11-/m0/s1. The van der Waals surface area contributed by atoms with E-state index >= 15 is 0 Å². The molecule has 0 saturated carbocycles. The molecule has 1 aromatic rings. The Bertz CT molecular complexity index is 349. The van der Waals surface area contributed by atoms with E-state index in [9.17, 15) is 0 Å². The van der Waals surface area contributed by atoms with E-state index in [1.807, 2.05) is 12.3 Å². The highest BCUT2D eigenvalue weighted by atomic mass is 15.3. The molecular formula is C13H21N3. The molecule has 0 bridgehead atoms. The molecule has 1 aromatic heterocycles. The third-order valence-electron chi connectivity index (χ3n) is 3.32. The SMILES string of the molecule is CC(C)c1ccnc(N2CCCC[C@@H]2C)n1. The van der Waals surface area contributed by atoms with Crippen molar-refractivity contribution in [2.45, 2.75) is 52.0 Å². The van der Waals surface area contributed by atoms with Gasteiger partial charge in [-0.05, 0) is 38.2 Å². The Morgan fingerprint density at radius 2 is 2.19 bits per heavy atom. The highest BCUT2D eigenvalue weighted by Crippen LogP contribution is 2.22. The van der Waals surface area contributed by atoms with Crippen LogP contribution in [0.25, 0.3) is 0 Å². The lowest BCUT2D eigenvalue weighted by Gasteiger charge is -2.33. The third-order valence-corrected chi connectivity index (χ3v) is 3.32. The fourth-order valence-corrected chi connectivity index (χ4v) is 2.22. The summed E-state index contributed by atoms with van der Waals surface area (Å²) in [6, 6.07) is 2.60. The molecule has 1 atom stereocenters. The lowest BCUT2D eigenvalue weighted by Crippen LogP contribution is -2.38. The Hall–Kier alpha value is -1.12. The van der Waals surface area contributed by atoms with E-state index in [1.165, 1.54) is 19.3 Å². The zero-order valence-corrected chi connectivity index (χ0v) is 10.5. The number of aromatic nitrogens is 2. The van der Waals surface area contributed by atoms with Crippen LogP contribution in [-0.2, 0) is 0 Å². The first-order chi connectivity index (χ1) is 7.68. The number of anilines is 1. The lowest BCUT2D eigenvalue weighted by molar-refractivity contribution is 0.476. The van der Waals surface area contributed by atoms with Crippen LogP contribution in [0.4, 0.5) is 5.95 Å². The van der Waals surface area contributed by atoms with Gasteiger partial charge in [-0.3, -0.25) is 0 Å². The Kier molecular flexibility index (Phi) is 3.42. The van der Waals surface area contributed by atoms with Gasteiger partial charge in [-0.15, -0.1) is 0 Å². The summed E-state index contributed by atoms with van der Waals surface area (Å²) >= 11 is 0. The minimum Gasteiger partial charge on any atom is -0.338 e. The first-order valence-electron chi connectivity index (χ1n) is 6.28. The van der Waals surface area contributed by atoms with Crippen LogP contribution < -0.4 is 4.90 Å². The summed E-state index contributed by atoms with van der Waals surface area (Å²) in [5.74, 6) is 1.39. The molecule has 0 aromatic carbocycles. The first-order valence-corrected chi connectivity index (χ1v) is 6.28. The summed E-state index contributed by atoms with van der Waals surface area (Å²) in [4.78, 5) is 11.4. The van der Waals surface area contributed by atoms with Gasteiger partial charge in [0.05, 0.1) is 0 Å². The van der Waals surface area contributed by atoms with Gasteiger partial charge in [0.25, 0.3) is 0 Å². The zero-order valence-electron chi connectivity index (χ0n) is 10.5. The minimum atomic E-state index is 0.474. The van der Waals surface area contributed by atoms with Crippen molar-refractivity contribution in [3.05, 3.63) is 18.0 Å². The molecule has 16 heavy (non-hydrogen) atoms. The molecule has 2 heterocycles. The van der Waals surface area contributed by atoms with Crippen molar-refractivity contribution in [3.8, 4) is 0 Å². The van der Waals surface area contributed by atoms with E-state index in [0.29, 0.717) is 12.0 Å². The molecule has 1 saturated heterocycles. The molecule has 0 N–H and O–H groups in total. The van der Waals surface area contributed by atoms with Crippen LogP contribution in [0.15, 0.2) is 12.3 Å². The van der Waals surface area contributed by atoms with Gasteiger partial charge in [-0.1, -0.05) is 13.8 Å². The van der Waals surface area contributed by atoms with Crippen LogP contribution in [0.5, 0.6) is 0 Å². The topological polar surface area (TPSA) is 29.0 Å². The normalized spacial score (nSPS) is 21.5. The number of rotatable bonds is 2. The zero-order chi connectivity index (χ0) is 11.5. The number of hydrogen-bond donors (Lipinski definition) is 0. The maximum Gasteiger partial charge on any atom is 0.225 e. The Balaban J connectivity index is 2.21. The van der Waals surface area contributed by atoms with Gasteiger partial charge in [-0.25, -0.2) is 9.97 Å². The van der Waals surface area contributed by atoms with Crippen LogP contribution in [-0.4, -0.2) is 22.6 Å². The largest absolute Gasteiger partial charge is 0.338 e. The fourth-order valence-electron chi connectivity index (χ4n) is 2.22. The van der Waals surface area contributed by atoms with Crippen LogP contribution >= 0.6 is 0 Å². The molecule has 0 spiro atoms.